The summed E-state index contributed by atoms with van der Waals surface area (Å²) in [7, 11) is 1.51. The van der Waals surface area contributed by atoms with Crippen molar-refractivity contribution in [3.05, 3.63) is 108 Å². The highest BCUT2D eigenvalue weighted by Gasteiger charge is 2.23. The van der Waals surface area contributed by atoms with Gasteiger partial charge in [-0.25, -0.2) is 8.78 Å². The third kappa shape index (κ3) is 4.76. The second-order valence-electron chi connectivity index (χ2n) is 8.01. The molecule has 174 valence electrons. The highest BCUT2D eigenvalue weighted by Crippen LogP contribution is 2.36. The van der Waals surface area contributed by atoms with E-state index in [-0.39, 0.29) is 5.56 Å². The molecule has 2 heterocycles. The first kappa shape index (κ1) is 22.7. The van der Waals surface area contributed by atoms with Crippen LogP contribution in [0.5, 0.6) is 0 Å². The number of amides is 1. The van der Waals surface area contributed by atoms with Crippen molar-refractivity contribution in [3.8, 4) is 32.0 Å². The summed E-state index contributed by atoms with van der Waals surface area (Å²) >= 11 is 1.73. The van der Waals surface area contributed by atoms with Gasteiger partial charge in [0.2, 0.25) is 0 Å². The molecule has 0 aliphatic heterocycles. The van der Waals surface area contributed by atoms with Gasteiger partial charge < -0.3 is 5.32 Å². The molecule has 0 atom stereocenters. The fourth-order valence-corrected chi connectivity index (χ4v) is 4.96. The molecule has 35 heavy (non-hydrogen) atoms. The van der Waals surface area contributed by atoms with Crippen molar-refractivity contribution >= 4 is 22.9 Å². The van der Waals surface area contributed by atoms with E-state index in [9.17, 15) is 13.6 Å². The molecule has 2 aromatic heterocycles. The summed E-state index contributed by atoms with van der Waals surface area (Å²) in [5, 5.41) is 6.50. The number of para-hydroxylation sites is 1. The molecule has 1 amide bonds. The number of hydrogen-bond donors (Lipinski definition) is 1. The Morgan fingerprint density at radius 1 is 0.829 bits per heavy atom. The van der Waals surface area contributed by atoms with Gasteiger partial charge in [0.15, 0.2) is 0 Å². The van der Waals surface area contributed by atoms with Crippen LogP contribution in [0.15, 0.2) is 97.2 Å². The van der Waals surface area contributed by atoms with Crippen LogP contribution in [0.3, 0.4) is 0 Å². The Balaban J connectivity index is 1.39. The molecule has 7 heteroatoms. The minimum absolute atomic E-state index is 0.139. The Bertz CT molecular complexity index is 1470. The minimum Gasteiger partial charge on any atom is -0.321 e. The van der Waals surface area contributed by atoms with Crippen LogP contribution in [0.2, 0.25) is 0 Å². The molecule has 0 aliphatic rings. The standard InChI is InChI=1S/C28H21F2N3OS/c1-33-17-22(26(32-33)27(29)30)28(34)31-23-10-6-5-9-21(23)18-11-13-20(14-12-18)25-16-15-24(35-25)19-7-3-2-4-8-19/h2-17,27H,1H3,(H,31,34). The monoisotopic (exact) mass is 485 g/mol. The molecule has 5 rings (SSSR count). The first-order valence-corrected chi connectivity index (χ1v) is 11.8. The molecule has 0 saturated carbocycles. The van der Waals surface area contributed by atoms with Crippen LogP contribution >= 0.6 is 11.3 Å². The second-order valence-corrected chi connectivity index (χ2v) is 9.09. The maximum absolute atomic E-state index is 13.3. The molecule has 4 nitrogen and oxygen atoms in total. The van der Waals surface area contributed by atoms with Gasteiger partial charge in [-0.1, -0.05) is 72.8 Å². The van der Waals surface area contributed by atoms with E-state index in [2.05, 4.69) is 34.7 Å². The second kappa shape index (κ2) is 9.64. The van der Waals surface area contributed by atoms with E-state index in [1.807, 2.05) is 54.6 Å². The van der Waals surface area contributed by atoms with Crippen molar-refractivity contribution < 1.29 is 13.6 Å². The van der Waals surface area contributed by atoms with E-state index in [0.717, 1.165) is 21.6 Å². The van der Waals surface area contributed by atoms with Gasteiger partial charge in [-0.05, 0) is 34.9 Å². The molecule has 1 N–H and O–H groups in total. The molecule has 0 fully saturated rings. The van der Waals surface area contributed by atoms with E-state index < -0.39 is 18.0 Å². The molecule has 3 aromatic carbocycles. The number of aromatic nitrogens is 2. The van der Waals surface area contributed by atoms with Crippen LogP contribution in [0.1, 0.15) is 22.5 Å². The Labute approximate surface area is 205 Å². The molecule has 0 spiro atoms. The molecular weight excluding hydrogens is 464 g/mol. The number of alkyl halides is 2. The van der Waals surface area contributed by atoms with E-state index in [0.29, 0.717) is 5.69 Å². The molecular formula is C28H21F2N3OS. The number of benzene rings is 3. The van der Waals surface area contributed by atoms with E-state index in [4.69, 9.17) is 0 Å². The van der Waals surface area contributed by atoms with Gasteiger partial charge >= 0.3 is 0 Å². The largest absolute Gasteiger partial charge is 0.321 e. The summed E-state index contributed by atoms with van der Waals surface area (Å²) in [5.74, 6) is -0.621. The van der Waals surface area contributed by atoms with Crippen molar-refractivity contribution in [1.29, 1.82) is 0 Å². The smallest absolute Gasteiger partial charge is 0.282 e. The summed E-state index contributed by atoms with van der Waals surface area (Å²) in [5.41, 5.74) is 3.86. The molecule has 0 aliphatic carbocycles. The van der Waals surface area contributed by atoms with Crippen molar-refractivity contribution in [2.45, 2.75) is 6.43 Å². The van der Waals surface area contributed by atoms with Crippen molar-refractivity contribution in [3.63, 3.8) is 0 Å². The number of anilines is 1. The Kier molecular flexibility index (Phi) is 6.25. The zero-order valence-corrected chi connectivity index (χ0v) is 19.6. The van der Waals surface area contributed by atoms with Gasteiger partial charge in [-0.3, -0.25) is 9.48 Å². The number of carbonyl (C=O) groups excluding carboxylic acids is 1. The van der Waals surface area contributed by atoms with Crippen LogP contribution in [0.4, 0.5) is 14.5 Å². The highest BCUT2D eigenvalue weighted by molar-refractivity contribution is 7.18. The number of nitrogens with one attached hydrogen (secondary N) is 1. The average Bonchev–Trinajstić information content (AvgIpc) is 3.53. The zero-order valence-electron chi connectivity index (χ0n) is 18.8. The topological polar surface area (TPSA) is 46.9 Å². The fourth-order valence-electron chi connectivity index (χ4n) is 3.94. The van der Waals surface area contributed by atoms with Gasteiger partial charge in [0.1, 0.15) is 5.69 Å². The summed E-state index contributed by atoms with van der Waals surface area (Å²) in [6.45, 7) is 0. The van der Waals surface area contributed by atoms with E-state index >= 15 is 0 Å². The molecule has 0 unspecified atom stereocenters. The molecule has 0 saturated heterocycles. The van der Waals surface area contributed by atoms with Gasteiger partial charge in [-0.15, -0.1) is 11.3 Å². The third-order valence-corrected chi connectivity index (χ3v) is 6.81. The SMILES string of the molecule is Cn1cc(C(=O)Nc2ccccc2-c2ccc(-c3ccc(-c4ccccc4)s3)cc2)c(C(F)F)n1. The number of nitrogens with zero attached hydrogens (tertiary/aromatic N) is 2. The first-order chi connectivity index (χ1) is 17.0. The highest BCUT2D eigenvalue weighted by atomic mass is 32.1. The lowest BCUT2D eigenvalue weighted by atomic mass is 10.0. The predicted molar refractivity (Wildman–Crippen MR) is 137 cm³/mol. The summed E-state index contributed by atoms with van der Waals surface area (Å²) in [6.07, 6.45) is -1.53. The predicted octanol–water partition coefficient (Wildman–Crippen LogP) is 7.67. The summed E-state index contributed by atoms with van der Waals surface area (Å²) in [6, 6.07) is 29.9. The average molecular weight is 486 g/mol. The van der Waals surface area contributed by atoms with E-state index in [1.165, 1.54) is 28.4 Å². The Morgan fingerprint density at radius 3 is 2.11 bits per heavy atom. The van der Waals surface area contributed by atoms with Gasteiger partial charge in [0.05, 0.1) is 5.56 Å². The first-order valence-electron chi connectivity index (χ1n) is 11.0. The van der Waals surface area contributed by atoms with Crippen LogP contribution in [0.25, 0.3) is 32.0 Å². The normalized spacial score (nSPS) is 11.1. The fraction of sp³-hybridized carbons (Fsp3) is 0.0714. The quantitative estimate of drug-likeness (QED) is 0.268. The van der Waals surface area contributed by atoms with Gasteiger partial charge in [-0.2, -0.15) is 5.10 Å². The lowest BCUT2D eigenvalue weighted by Gasteiger charge is -2.12. The Morgan fingerprint density at radius 2 is 1.43 bits per heavy atom. The number of aryl methyl sites for hydroxylation is 1. The summed E-state index contributed by atoms with van der Waals surface area (Å²) in [4.78, 5) is 15.2. The Hall–Kier alpha value is -4.10. The molecule has 5 aromatic rings. The van der Waals surface area contributed by atoms with Gasteiger partial charge in [0, 0.05) is 34.2 Å². The third-order valence-electron chi connectivity index (χ3n) is 5.63. The van der Waals surface area contributed by atoms with E-state index in [1.54, 1.807) is 23.5 Å². The number of thiophene rings is 1. The van der Waals surface area contributed by atoms with Gasteiger partial charge in [0.25, 0.3) is 12.3 Å². The van der Waals surface area contributed by atoms with Crippen molar-refractivity contribution in [2.24, 2.45) is 7.05 Å². The molecule has 0 bridgehead atoms. The van der Waals surface area contributed by atoms with Crippen molar-refractivity contribution in [2.75, 3.05) is 5.32 Å². The minimum atomic E-state index is -2.83. The number of hydrogen-bond acceptors (Lipinski definition) is 3. The van der Waals surface area contributed by atoms with Crippen LogP contribution in [-0.4, -0.2) is 15.7 Å². The summed E-state index contributed by atoms with van der Waals surface area (Å²) < 4.78 is 27.8. The molecule has 0 radical (unpaired) electrons. The number of carbonyl (C=O) groups is 1. The number of halogens is 2. The zero-order chi connectivity index (χ0) is 24.4. The van der Waals surface area contributed by atoms with Crippen molar-refractivity contribution in [1.82, 2.24) is 9.78 Å². The lowest BCUT2D eigenvalue weighted by Crippen LogP contribution is -2.14. The number of rotatable bonds is 6. The van der Waals surface area contributed by atoms with Crippen LogP contribution in [0, 0.1) is 0 Å². The maximum atomic E-state index is 13.3. The van der Waals surface area contributed by atoms with Crippen LogP contribution in [-0.2, 0) is 7.05 Å². The lowest BCUT2D eigenvalue weighted by molar-refractivity contribution is 0.101. The maximum Gasteiger partial charge on any atom is 0.282 e. The van der Waals surface area contributed by atoms with Crippen LogP contribution < -0.4 is 5.32 Å².